The van der Waals surface area contributed by atoms with E-state index in [0.29, 0.717) is 10.2 Å². The van der Waals surface area contributed by atoms with Gasteiger partial charge in [-0.1, -0.05) is 12.1 Å². The van der Waals surface area contributed by atoms with Crippen molar-refractivity contribution >= 4 is 27.5 Å². The molecule has 2 aromatic carbocycles. The molecule has 0 heterocycles. The summed E-state index contributed by atoms with van der Waals surface area (Å²) in [6, 6.07) is 10.1. The molecule has 0 atom stereocenters. The smallest absolute Gasteiger partial charge is 0.255 e. The summed E-state index contributed by atoms with van der Waals surface area (Å²) in [6.45, 7) is 0. The molecule has 0 aromatic heterocycles. The van der Waals surface area contributed by atoms with E-state index in [1.165, 1.54) is 24.1 Å². The van der Waals surface area contributed by atoms with Gasteiger partial charge in [0.25, 0.3) is 5.91 Å². The zero-order valence-corrected chi connectivity index (χ0v) is 13.0. The number of rotatable bonds is 2. The predicted molar refractivity (Wildman–Crippen MR) is 85.1 cm³/mol. The van der Waals surface area contributed by atoms with Crippen molar-refractivity contribution in [1.82, 2.24) is 0 Å². The van der Waals surface area contributed by atoms with Gasteiger partial charge in [-0.3, -0.25) is 4.79 Å². The van der Waals surface area contributed by atoms with Gasteiger partial charge in [0.15, 0.2) is 0 Å². The fourth-order valence-corrected chi connectivity index (χ4v) is 3.22. The van der Waals surface area contributed by atoms with Crippen LogP contribution in [0.25, 0.3) is 0 Å². The number of hydrogen-bond acceptors (Lipinski definition) is 1. The zero-order valence-electron chi connectivity index (χ0n) is 11.5. The lowest BCUT2D eigenvalue weighted by molar-refractivity contribution is 0.102. The molecular weight excluding hydrogens is 333 g/mol. The van der Waals surface area contributed by atoms with Gasteiger partial charge in [0, 0.05) is 10.0 Å². The first-order valence-corrected chi connectivity index (χ1v) is 7.81. The van der Waals surface area contributed by atoms with Crippen LogP contribution >= 0.6 is 15.9 Å². The van der Waals surface area contributed by atoms with Crippen LogP contribution in [-0.2, 0) is 12.8 Å². The van der Waals surface area contributed by atoms with Crippen molar-refractivity contribution in [2.24, 2.45) is 0 Å². The Morgan fingerprint density at radius 3 is 2.76 bits per heavy atom. The number of aryl methyl sites for hydroxylation is 1. The van der Waals surface area contributed by atoms with Gasteiger partial charge >= 0.3 is 0 Å². The molecule has 108 valence electrons. The number of benzene rings is 2. The van der Waals surface area contributed by atoms with E-state index in [1.807, 2.05) is 12.1 Å². The van der Waals surface area contributed by atoms with Crippen molar-refractivity contribution in [3.63, 3.8) is 0 Å². The monoisotopic (exact) mass is 347 g/mol. The summed E-state index contributed by atoms with van der Waals surface area (Å²) in [7, 11) is 0. The van der Waals surface area contributed by atoms with Gasteiger partial charge < -0.3 is 5.32 Å². The lowest BCUT2D eigenvalue weighted by Crippen LogP contribution is -2.17. The van der Waals surface area contributed by atoms with Crippen LogP contribution in [0.5, 0.6) is 0 Å². The van der Waals surface area contributed by atoms with Crippen LogP contribution in [0, 0.1) is 5.82 Å². The molecule has 2 aromatic rings. The van der Waals surface area contributed by atoms with Crippen molar-refractivity contribution < 1.29 is 9.18 Å². The molecule has 4 heteroatoms. The molecule has 2 nitrogen and oxygen atoms in total. The van der Waals surface area contributed by atoms with Crippen LogP contribution in [0.2, 0.25) is 0 Å². The number of fused-ring (bicyclic) bond motifs is 1. The van der Waals surface area contributed by atoms with Gasteiger partial charge in [-0.15, -0.1) is 0 Å². The topological polar surface area (TPSA) is 29.1 Å². The Morgan fingerprint density at radius 2 is 1.95 bits per heavy atom. The number of nitrogens with one attached hydrogen (secondary N) is 1. The maximum absolute atomic E-state index is 13.1. The van der Waals surface area contributed by atoms with Crippen LogP contribution in [0.4, 0.5) is 10.1 Å². The fraction of sp³-hybridized carbons (Fsp3) is 0.235. The zero-order chi connectivity index (χ0) is 14.8. The molecule has 0 spiro atoms. The summed E-state index contributed by atoms with van der Waals surface area (Å²) in [5.74, 6) is -0.474. The number of anilines is 1. The van der Waals surface area contributed by atoms with Crippen molar-refractivity contribution in [1.29, 1.82) is 0 Å². The Balaban J connectivity index is 1.89. The average Bonchev–Trinajstić information content (AvgIpc) is 2.49. The summed E-state index contributed by atoms with van der Waals surface area (Å²) >= 11 is 3.27. The Morgan fingerprint density at radius 1 is 1.14 bits per heavy atom. The second-order valence-corrected chi connectivity index (χ2v) is 6.08. The van der Waals surface area contributed by atoms with E-state index in [4.69, 9.17) is 0 Å². The molecule has 0 bridgehead atoms. The van der Waals surface area contributed by atoms with Crippen molar-refractivity contribution in [2.75, 3.05) is 5.32 Å². The molecule has 0 saturated carbocycles. The molecule has 0 radical (unpaired) electrons. The van der Waals surface area contributed by atoms with Gasteiger partial charge in [-0.05, 0) is 77.0 Å². The van der Waals surface area contributed by atoms with E-state index in [1.54, 1.807) is 6.07 Å². The molecule has 1 aliphatic carbocycles. The van der Waals surface area contributed by atoms with E-state index >= 15 is 0 Å². The molecule has 0 aliphatic heterocycles. The summed E-state index contributed by atoms with van der Waals surface area (Å²) in [4.78, 5) is 12.5. The Labute approximate surface area is 131 Å². The van der Waals surface area contributed by atoms with E-state index in [-0.39, 0.29) is 11.7 Å². The first kappa shape index (κ1) is 14.3. The first-order chi connectivity index (χ1) is 10.1. The second-order valence-electron chi connectivity index (χ2n) is 5.23. The highest BCUT2D eigenvalue weighted by Gasteiger charge is 2.18. The molecule has 3 rings (SSSR count). The summed E-state index contributed by atoms with van der Waals surface area (Å²) in [5.41, 5.74) is 3.73. The standard InChI is InChI=1S/C17H15BrFNO/c18-15-10-12(19)8-9-16(15)20-17(21)14-7-3-5-11-4-1-2-6-13(11)14/h3,5,7-10H,1-2,4,6H2,(H,20,21). The number of carbonyl (C=O) groups is 1. The molecule has 1 aliphatic rings. The van der Waals surface area contributed by atoms with Crippen LogP contribution in [-0.4, -0.2) is 5.91 Å². The Hall–Kier alpha value is -1.68. The maximum atomic E-state index is 13.1. The Kier molecular flexibility index (Phi) is 4.06. The lowest BCUT2D eigenvalue weighted by Gasteiger charge is -2.19. The third kappa shape index (κ3) is 3.00. The van der Waals surface area contributed by atoms with Crippen LogP contribution in [0.15, 0.2) is 40.9 Å². The molecule has 21 heavy (non-hydrogen) atoms. The second kappa shape index (κ2) is 5.98. The fourth-order valence-electron chi connectivity index (χ4n) is 2.77. The molecule has 0 fully saturated rings. The van der Waals surface area contributed by atoms with Gasteiger partial charge in [0.1, 0.15) is 5.82 Å². The third-order valence-corrected chi connectivity index (χ3v) is 4.48. The summed E-state index contributed by atoms with van der Waals surface area (Å²) in [6.07, 6.45) is 4.29. The van der Waals surface area contributed by atoms with E-state index < -0.39 is 0 Å². The van der Waals surface area contributed by atoms with Crippen LogP contribution < -0.4 is 5.32 Å². The minimum absolute atomic E-state index is 0.138. The highest BCUT2D eigenvalue weighted by atomic mass is 79.9. The number of hydrogen-bond donors (Lipinski definition) is 1. The lowest BCUT2D eigenvalue weighted by atomic mass is 9.88. The molecule has 0 saturated heterocycles. The van der Waals surface area contributed by atoms with E-state index in [0.717, 1.165) is 30.4 Å². The minimum atomic E-state index is -0.336. The molecule has 1 N–H and O–H groups in total. The highest BCUT2D eigenvalue weighted by Crippen LogP contribution is 2.27. The average molecular weight is 348 g/mol. The molecule has 0 unspecified atom stereocenters. The maximum Gasteiger partial charge on any atom is 0.255 e. The largest absolute Gasteiger partial charge is 0.321 e. The third-order valence-electron chi connectivity index (χ3n) is 3.82. The Bertz CT molecular complexity index is 699. The van der Waals surface area contributed by atoms with Gasteiger partial charge in [0.05, 0.1) is 5.69 Å². The van der Waals surface area contributed by atoms with Crippen LogP contribution in [0.3, 0.4) is 0 Å². The SMILES string of the molecule is O=C(Nc1ccc(F)cc1Br)c1cccc2c1CCCC2. The minimum Gasteiger partial charge on any atom is -0.321 e. The summed E-state index contributed by atoms with van der Waals surface area (Å²) in [5, 5.41) is 2.85. The quantitative estimate of drug-likeness (QED) is 0.836. The number of carbonyl (C=O) groups excluding carboxylic acids is 1. The van der Waals surface area contributed by atoms with Gasteiger partial charge in [-0.2, -0.15) is 0 Å². The highest BCUT2D eigenvalue weighted by molar-refractivity contribution is 9.10. The normalized spacial score (nSPS) is 13.6. The van der Waals surface area contributed by atoms with E-state index in [2.05, 4.69) is 27.3 Å². The summed E-state index contributed by atoms with van der Waals surface area (Å²) < 4.78 is 13.6. The first-order valence-electron chi connectivity index (χ1n) is 7.02. The van der Waals surface area contributed by atoms with Crippen molar-refractivity contribution in [2.45, 2.75) is 25.7 Å². The number of amides is 1. The van der Waals surface area contributed by atoms with E-state index in [9.17, 15) is 9.18 Å². The number of halogens is 2. The molecule has 1 amide bonds. The molecular formula is C17H15BrFNO. The van der Waals surface area contributed by atoms with Crippen LogP contribution in [0.1, 0.15) is 34.3 Å². The van der Waals surface area contributed by atoms with Crippen molar-refractivity contribution in [3.8, 4) is 0 Å². The van der Waals surface area contributed by atoms with Gasteiger partial charge in [0.2, 0.25) is 0 Å². The predicted octanol–water partition coefficient (Wildman–Crippen LogP) is 4.72. The van der Waals surface area contributed by atoms with Gasteiger partial charge in [-0.25, -0.2) is 4.39 Å². The van der Waals surface area contributed by atoms with Crippen molar-refractivity contribution in [3.05, 3.63) is 63.4 Å².